The molecular weight excluding hydrogens is 394 g/mol. The second kappa shape index (κ2) is 7.63. The Kier molecular flexibility index (Phi) is 5.29. The highest BCUT2D eigenvalue weighted by atomic mass is 79.9. The molecule has 0 aliphatic carbocycles. The molecule has 2 aromatic carbocycles. The van der Waals surface area contributed by atoms with Crippen molar-refractivity contribution in [1.29, 1.82) is 5.26 Å². The first kappa shape index (κ1) is 18.0. The van der Waals surface area contributed by atoms with E-state index < -0.39 is 0 Å². The maximum Gasteiger partial charge on any atom is 0.162 e. The molecule has 0 radical (unpaired) electrons. The maximum absolute atomic E-state index is 9.63. The lowest BCUT2D eigenvalue weighted by atomic mass is 10.1. The zero-order valence-electron chi connectivity index (χ0n) is 14.8. The number of hydrogen-bond acceptors (Lipinski definition) is 4. The molecule has 1 aromatic heterocycles. The van der Waals surface area contributed by atoms with Crippen molar-refractivity contribution >= 4 is 38.6 Å². The van der Waals surface area contributed by atoms with Gasteiger partial charge in [-0.05, 0) is 55.3 Å². The Bertz CT molecular complexity index is 1030. The van der Waals surface area contributed by atoms with E-state index in [-0.39, 0.29) is 0 Å². The summed E-state index contributed by atoms with van der Waals surface area (Å²) in [5, 5.41) is 9.63. The monoisotopic (exact) mass is 411 g/mol. The molecule has 0 aliphatic heterocycles. The third kappa shape index (κ3) is 3.58. The summed E-state index contributed by atoms with van der Waals surface area (Å²) in [6.07, 6.45) is 1.77. The van der Waals surface area contributed by atoms with Crippen LogP contribution in [0.4, 0.5) is 0 Å². The van der Waals surface area contributed by atoms with Gasteiger partial charge in [-0.3, -0.25) is 0 Å². The van der Waals surface area contributed by atoms with Crippen molar-refractivity contribution in [2.24, 2.45) is 0 Å². The summed E-state index contributed by atoms with van der Waals surface area (Å²) in [6, 6.07) is 11.8. The van der Waals surface area contributed by atoms with Gasteiger partial charge in [0.05, 0.1) is 30.3 Å². The Hall–Kier alpha value is -2.78. The maximum atomic E-state index is 9.63. The number of aromatic nitrogens is 2. The number of aryl methyl sites for hydroxylation is 1. The molecule has 132 valence electrons. The van der Waals surface area contributed by atoms with Gasteiger partial charge >= 0.3 is 0 Å². The van der Waals surface area contributed by atoms with Gasteiger partial charge in [-0.2, -0.15) is 5.26 Å². The first-order chi connectivity index (χ1) is 12.5. The van der Waals surface area contributed by atoms with Crippen molar-refractivity contribution in [1.82, 2.24) is 9.97 Å². The second-order valence-electron chi connectivity index (χ2n) is 5.73. The normalized spacial score (nSPS) is 11.4. The van der Waals surface area contributed by atoms with Gasteiger partial charge in [0.2, 0.25) is 0 Å². The minimum Gasteiger partial charge on any atom is -0.493 e. The lowest BCUT2D eigenvalue weighted by Crippen LogP contribution is -1.96. The first-order valence-electron chi connectivity index (χ1n) is 8.14. The number of benzene rings is 2. The molecule has 0 unspecified atom stereocenters. The molecule has 0 spiro atoms. The Morgan fingerprint density at radius 3 is 2.81 bits per heavy atom. The number of hydrogen-bond donors (Lipinski definition) is 1. The summed E-state index contributed by atoms with van der Waals surface area (Å²) in [7, 11) is 1.59. The lowest BCUT2D eigenvalue weighted by Gasteiger charge is -2.11. The van der Waals surface area contributed by atoms with Crippen molar-refractivity contribution in [3.05, 3.63) is 51.8 Å². The highest BCUT2D eigenvalue weighted by molar-refractivity contribution is 9.10. The van der Waals surface area contributed by atoms with Crippen molar-refractivity contribution in [3.8, 4) is 17.6 Å². The number of halogens is 1. The molecule has 1 heterocycles. The highest BCUT2D eigenvalue weighted by Gasteiger charge is 2.12. The minimum atomic E-state index is 0.436. The number of rotatable bonds is 5. The van der Waals surface area contributed by atoms with Crippen LogP contribution in [-0.2, 0) is 0 Å². The van der Waals surface area contributed by atoms with E-state index >= 15 is 0 Å². The zero-order valence-corrected chi connectivity index (χ0v) is 16.3. The molecule has 3 aromatic rings. The number of aromatic amines is 1. The van der Waals surface area contributed by atoms with Crippen LogP contribution in [0, 0.1) is 18.3 Å². The first-order valence-corrected chi connectivity index (χ1v) is 8.94. The minimum absolute atomic E-state index is 0.436. The molecule has 0 fully saturated rings. The van der Waals surface area contributed by atoms with Crippen molar-refractivity contribution in [3.63, 3.8) is 0 Å². The van der Waals surface area contributed by atoms with E-state index in [1.54, 1.807) is 13.2 Å². The van der Waals surface area contributed by atoms with E-state index in [0.717, 1.165) is 26.6 Å². The van der Waals surface area contributed by atoms with Gasteiger partial charge in [0, 0.05) is 4.47 Å². The van der Waals surface area contributed by atoms with Gasteiger partial charge in [-0.25, -0.2) is 4.98 Å². The summed E-state index contributed by atoms with van der Waals surface area (Å²) in [5.41, 5.74) is 4.11. The second-order valence-corrected chi connectivity index (χ2v) is 6.59. The standard InChI is InChI=1S/C20H18BrN3O2/c1-4-26-19-10-15(21)13(9-18(19)25-3)8-14(11-22)20-23-16-6-5-12(2)7-17(16)24-20/h5-10H,4H2,1-3H3,(H,23,24)/b14-8-. The zero-order chi connectivity index (χ0) is 18.7. The van der Waals surface area contributed by atoms with Gasteiger partial charge in [-0.15, -0.1) is 0 Å². The van der Waals surface area contributed by atoms with E-state index in [1.807, 2.05) is 44.2 Å². The van der Waals surface area contributed by atoms with Gasteiger partial charge in [0.1, 0.15) is 11.9 Å². The number of H-pyrrole nitrogens is 1. The molecular formula is C20H18BrN3O2. The lowest BCUT2D eigenvalue weighted by molar-refractivity contribution is 0.310. The van der Waals surface area contributed by atoms with Crippen molar-refractivity contribution < 1.29 is 9.47 Å². The van der Waals surface area contributed by atoms with Crippen LogP contribution < -0.4 is 9.47 Å². The summed E-state index contributed by atoms with van der Waals surface area (Å²) in [5.74, 6) is 1.79. The molecule has 6 heteroatoms. The number of imidazole rings is 1. The van der Waals surface area contributed by atoms with Gasteiger partial charge < -0.3 is 14.5 Å². The molecule has 0 bridgehead atoms. The molecule has 0 saturated carbocycles. The van der Waals surface area contributed by atoms with Crippen molar-refractivity contribution in [2.45, 2.75) is 13.8 Å². The van der Waals surface area contributed by atoms with Crippen LogP contribution in [0.1, 0.15) is 23.9 Å². The number of nitrogens with zero attached hydrogens (tertiary/aromatic N) is 2. The van der Waals surface area contributed by atoms with Gasteiger partial charge in [0.25, 0.3) is 0 Å². The summed E-state index contributed by atoms with van der Waals surface area (Å²) in [4.78, 5) is 7.74. The van der Waals surface area contributed by atoms with Crippen LogP contribution >= 0.6 is 15.9 Å². The van der Waals surface area contributed by atoms with Crippen molar-refractivity contribution in [2.75, 3.05) is 13.7 Å². The molecule has 0 saturated heterocycles. The Morgan fingerprint density at radius 2 is 2.12 bits per heavy atom. The van der Waals surface area contributed by atoms with E-state index in [4.69, 9.17) is 9.47 Å². The van der Waals surface area contributed by atoms with Crippen LogP contribution in [0.5, 0.6) is 11.5 Å². The van der Waals surface area contributed by atoms with E-state index in [0.29, 0.717) is 29.5 Å². The average molecular weight is 412 g/mol. The Morgan fingerprint density at radius 1 is 1.31 bits per heavy atom. The quantitative estimate of drug-likeness (QED) is 0.592. The van der Waals surface area contributed by atoms with Gasteiger partial charge in [-0.1, -0.05) is 22.0 Å². The topological polar surface area (TPSA) is 70.9 Å². The fourth-order valence-corrected chi connectivity index (χ4v) is 3.09. The number of nitriles is 1. The van der Waals surface area contributed by atoms with Crippen LogP contribution in [0.15, 0.2) is 34.8 Å². The molecule has 0 amide bonds. The van der Waals surface area contributed by atoms with Crippen LogP contribution in [0.25, 0.3) is 22.7 Å². The Labute approximate surface area is 160 Å². The molecule has 3 rings (SSSR count). The molecule has 5 nitrogen and oxygen atoms in total. The molecule has 0 atom stereocenters. The van der Waals surface area contributed by atoms with E-state index in [2.05, 4.69) is 32.0 Å². The van der Waals surface area contributed by atoms with Crippen LogP contribution in [-0.4, -0.2) is 23.7 Å². The SMILES string of the molecule is CCOc1cc(Br)c(/C=C(/C#N)c2nc3ccc(C)cc3[nH]2)cc1OC. The van der Waals surface area contributed by atoms with Crippen LogP contribution in [0.3, 0.4) is 0 Å². The number of ether oxygens (including phenoxy) is 2. The number of nitrogens with one attached hydrogen (secondary N) is 1. The fraction of sp³-hybridized carbons (Fsp3) is 0.200. The summed E-state index contributed by atoms with van der Waals surface area (Å²) >= 11 is 3.53. The highest BCUT2D eigenvalue weighted by Crippen LogP contribution is 2.35. The number of allylic oxidation sites excluding steroid dienone is 1. The summed E-state index contributed by atoms with van der Waals surface area (Å²) < 4.78 is 11.8. The van der Waals surface area contributed by atoms with E-state index in [9.17, 15) is 5.26 Å². The third-order valence-electron chi connectivity index (χ3n) is 3.90. The number of methoxy groups -OCH3 is 1. The Balaban J connectivity index is 2.07. The molecule has 0 aliphatic rings. The predicted molar refractivity (Wildman–Crippen MR) is 106 cm³/mol. The third-order valence-corrected chi connectivity index (χ3v) is 4.58. The molecule has 1 N–H and O–H groups in total. The average Bonchev–Trinajstić information content (AvgIpc) is 3.04. The smallest absolute Gasteiger partial charge is 0.162 e. The van der Waals surface area contributed by atoms with Crippen LogP contribution in [0.2, 0.25) is 0 Å². The largest absolute Gasteiger partial charge is 0.493 e. The summed E-state index contributed by atoms with van der Waals surface area (Å²) in [6.45, 7) is 4.47. The number of fused-ring (bicyclic) bond motifs is 1. The fourth-order valence-electron chi connectivity index (χ4n) is 2.65. The van der Waals surface area contributed by atoms with E-state index in [1.165, 1.54) is 0 Å². The predicted octanol–water partition coefficient (Wildman–Crippen LogP) is 5.11. The van der Waals surface area contributed by atoms with Gasteiger partial charge in [0.15, 0.2) is 11.5 Å². The molecule has 26 heavy (non-hydrogen) atoms.